The molecule has 1 aromatic heterocycles. The molecule has 0 saturated carbocycles. The number of carbonyl (C=O) groups is 1. The summed E-state index contributed by atoms with van der Waals surface area (Å²) in [6.07, 6.45) is -0.967. The molecule has 1 aromatic carbocycles. The largest absolute Gasteiger partial charge is 0.513 e. The molecule has 1 heterocycles. The smallest absolute Gasteiger partial charge is 0.434 e. The molecule has 106 valence electrons. The number of aryl methyl sites for hydroxylation is 1. The van der Waals surface area contributed by atoms with Gasteiger partial charge in [-0.3, -0.25) is 4.98 Å². The predicted octanol–water partition coefficient (Wildman–Crippen LogP) is 3.67. The summed E-state index contributed by atoms with van der Waals surface area (Å²) in [5.74, 6) is -2.20. The first kappa shape index (κ1) is 14.2. The van der Waals surface area contributed by atoms with E-state index in [4.69, 9.17) is 4.74 Å². The van der Waals surface area contributed by atoms with Crippen LogP contribution in [0.3, 0.4) is 0 Å². The van der Waals surface area contributed by atoms with Crippen LogP contribution in [0.15, 0.2) is 12.1 Å². The molecule has 0 aliphatic rings. The lowest BCUT2D eigenvalue weighted by atomic mass is 10.1. The molecule has 0 atom stereocenters. The van der Waals surface area contributed by atoms with Crippen LogP contribution in [-0.2, 0) is 4.74 Å². The molecule has 2 rings (SSSR count). The summed E-state index contributed by atoms with van der Waals surface area (Å²) in [5, 5.41) is -0.166. The number of ether oxygens (including phenoxy) is 2. The number of carbonyl (C=O) groups excluding carboxylic acids is 1. The molecule has 4 nitrogen and oxygen atoms in total. The molecule has 2 aromatic rings. The average Bonchev–Trinajstić information content (AvgIpc) is 2.40. The summed E-state index contributed by atoms with van der Waals surface area (Å²) in [6, 6.07) is 2.31. The Morgan fingerprint density at radius 2 is 2.00 bits per heavy atom. The molecule has 0 bridgehead atoms. The van der Waals surface area contributed by atoms with Crippen LogP contribution >= 0.6 is 0 Å². The maximum Gasteiger partial charge on any atom is 0.513 e. The molecule has 0 N–H and O–H groups in total. The molecule has 0 aliphatic heterocycles. The van der Waals surface area contributed by atoms with Gasteiger partial charge in [-0.25, -0.2) is 13.6 Å². The monoisotopic (exact) mass is 281 g/mol. The lowest BCUT2D eigenvalue weighted by Crippen LogP contribution is -2.12. The SMILES string of the molecule is CCOC(=O)Oc1c(C)c(C)nc2ccc(F)c(F)c12. The van der Waals surface area contributed by atoms with Crippen LogP contribution in [0.4, 0.5) is 13.6 Å². The van der Waals surface area contributed by atoms with Crippen molar-refractivity contribution in [1.29, 1.82) is 0 Å². The minimum absolute atomic E-state index is 0.0667. The van der Waals surface area contributed by atoms with E-state index in [1.807, 2.05) is 0 Å². The van der Waals surface area contributed by atoms with Crippen LogP contribution in [-0.4, -0.2) is 17.7 Å². The standard InChI is InChI=1S/C14H13F2NO3/c1-4-19-14(18)20-13-7(2)8(3)17-10-6-5-9(15)12(16)11(10)13/h5-6H,4H2,1-3H3. The Balaban J connectivity index is 2.69. The zero-order valence-electron chi connectivity index (χ0n) is 11.3. The van der Waals surface area contributed by atoms with Crippen LogP contribution in [0.1, 0.15) is 18.2 Å². The van der Waals surface area contributed by atoms with Gasteiger partial charge < -0.3 is 9.47 Å². The first-order valence-corrected chi connectivity index (χ1v) is 6.05. The molecule has 0 spiro atoms. The number of hydrogen-bond acceptors (Lipinski definition) is 4. The summed E-state index contributed by atoms with van der Waals surface area (Å²) in [5.41, 5.74) is 1.23. The summed E-state index contributed by atoms with van der Waals surface area (Å²) in [6.45, 7) is 5.04. The molecule has 0 amide bonds. The molecule has 0 fully saturated rings. The number of hydrogen-bond donors (Lipinski definition) is 0. The molecular weight excluding hydrogens is 268 g/mol. The van der Waals surface area contributed by atoms with E-state index >= 15 is 0 Å². The minimum atomic E-state index is -1.10. The molecule has 6 heteroatoms. The average molecular weight is 281 g/mol. The Kier molecular flexibility index (Phi) is 3.83. The molecule has 0 radical (unpaired) electrons. The molecule has 0 saturated heterocycles. The van der Waals surface area contributed by atoms with Crippen LogP contribution in [0, 0.1) is 25.5 Å². The van der Waals surface area contributed by atoms with Crippen molar-refractivity contribution >= 4 is 17.1 Å². The van der Waals surface area contributed by atoms with Gasteiger partial charge in [0.05, 0.1) is 17.5 Å². The van der Waals surface area contributed by atoms with Crippen LogP contribution < -0.4 is 4.74 Å². The lowest BCUT2D eigenvalue weighted by molar-refractivity contribution is 0.104. The van der Waals surface area contributed by atoms with Crippen LogP contribution in [0.5, 0.6) is 5.75 Å². The highest BCUT2D eigenvalue weighted by Gasteiger charge is 2.20. The lowest BCUT2D eigenvalue weighted by Gasteiger charge is -2.13. The number of aromatic nitrogens is 1. The Morgan fingerprint density at radius 3 is 2.65 bits per heavy atom. The van der Waals surface area contributed by atoms with Gasteiger partial charge in [-0.05, 0) is 32.9 Å². The number of fused-ring (bicyclic) bond motifs is 1. The normalized spacial score (nSPS) is 10.7. The van der Waals surface area contributed by atoms with Crippen molar-refractivity contribution in [2.45, 2.75) is 20.8 Å². The van der Waals surface area contributed by atoms with E-state index in [0.29, 0.717) is 11.3 Å². The second-order valence-corrected chi connectivity index (χ2v) is 4.19. The van der Waals surface area contributed by atoms with E-state index in [9.17, 15) is 13.6 Å². The third kappa shape index (κ3) is 2.41. The van der Waals surface area contributed by atoms with E-state index in [1.165, 1.54) is 6.07 Å². The molecule has 20 heavy (non-hydrogen) atoms. The Bertz CT molecular complexity index is 686. The number of pyridine rings is 1. The fourth-order valence-electron chi connectivity index (χ4n) is 1.82. The van der Waals surface area contributed by atoms with Crippen molar-refractivity contribution in [3.05, 3.63) is 35.0 Å². The zero-order chi connectivity index (χ0) is 14.9. The van der Waals surface area contributed by atoms with Gasteiger partial charge >= 0.3 is 6.16 Å². The van der Waals surface area contributed by atoms with Gasteiger partial charge in [-0.1, -0.05) is 0 Å². The number of benzene rings is 1. The van der Waals surface area contributed by atoms with Crippen molar-refractivity contribution < 1.29 is 23.0 Å². The third-order valence-electron chi connectivity index (χ3n) is 2.92. The van der Waals surface area contributed by atoms with Crippen molar-refractivity contribution in [3.63, 3.8) is 0 Å². The first-order chi connectivity index (χ1) is 9.45. The molecular formula is C14H13F2NO3. The topological polar surface area (TPSA) is 48.4 Å². The number of halogens is 2. The van der Waals surface area contributed by atoms with E-state index in [0.717, 1.165) is 6.07 Å². The van der Waals surface area contributed by atoms with E-state index in [-0.39, 0.29) is 23.3 Å². The molecule has 0 aliphatic carbocycles. The number of nitrogens with zero attached hydrogens (tertiary/aromatic N) is 1. The zero-order valence-corrected chi connectivity index (χ0v) is 11.3. The van der Waals surface area contributed by atoms with Crippen LogP contribution in [0.25, 0.3) is 10.9 Å². The second-order valence-electron chi connectivity index (χ2n) is 4.19. The van der Waals surface area contributed by atoms with Gasteiger partial charge in [0, 0.05) is 11.3 Å². The molecule has 0 unspecified atom stereocenters. The highest BCUT2D eigenvalue weighted by molar-refractivity contribution is 5.89. The minimum Gasteiger partial charge on any atom is -0.434 e. The number of rotatable bonds is 2. The van der Waals surface area contributed by atoms with Gasteiger partial charge in [0.15, 0.2) is 17.4 Å². The van der Waals surface area contributed by atoms with Crippen LogP contribution in [0.2, 0.25) is 0 Å². The van der Waals surface area contributed by atoms with Crippen molar-refractivity contribution in [2.24, 2.45) is 0 Å². The van der Waals surface area contributed by atoms with Gasteiger partial charge in [0.1, 0.15) is 0 Å². The second kappa shape index (κ2) is 5.40. The maximum atomic E-state index is 14.0. The van der Waals surface area contributed by atoms with Crippen molar-refractivity contribution in [1.82, 2.24) is 4.98 Å². The van der Waals surface area contributed by atoms with Gasteiger partial charge in [-0.15, -0.1) is 0 Å². The summed E-state index contributed by atoms with van der Waals surface area (Å²) >= 11 is 0. The van der Waals surface area contributed by atoms with Gasteiger partial charge in [0.2, 0.25) is 0 Å². The Hall–Kier alpha value is -2.24. The van der Waals surface area contributed by atoms with Gasteiger partial charge in [0.25, 0.3) is 0 Å². The summed E-state index contributed by atoms with van der Waals surface area (Å²) < 4.78 is 37.0. The Morgan fingerprint density at radius 1 is 1.30 bits per heavy atom. The van der Waals surface area contributed by atoms with E-state index in [1.54, 1.807) is 20.8 Å². The fourth-order valence-corrected chi connectivity index (χ4v) is 1.82. The predicted molar refractivity (Wildman–Crippen MR) is 68.8 cm³/mol. The van der Waals surface area contributed by atoms with E-state index < -0.39 is 17.8 Å². The quantitative estimate of drug-likeness (QED) is 0.788. The first-order valence-electron chi connectivity index (χ1n) is 6.05. The van der Waals surface area contributed by atoms with Crippen molar-refractivity contribution in [3.8, 4) is 5.75 Å². The maximum absolute atomic E-state index is 14.0. The Labute approximate surface area is 114 Å². The summed E-state index contributed by atoms with van der Waals surface area (Å²) in [7, 11) is 0. The fraction of sp³-hybridized carbons (Fsp3) is 0.286. The highest BCUT2D eigenvalue weighted by Crippen LogP contribution is 2.33. The summed E-state index contributed by atoms with van der Waals surface area (Å²) in [4.78, 5) is 15.6. The highest BCUT2D eigenvalue weighted by atomic mass is 19.2. The van der Waals surface area contributed by atoms with Crippen molar-refractivity contribution in [2.75, 3.05) is 6.61 Å². The third-order valence-corrected chi connectivity index (χ3v) is 2.92. The van der Waals surface area contributed by atoms with Gasteiger partial charge in [-0.2, -0.15) is 0 Å². The van der Waals surface area contributed by atoms with E-state index in [2.05, 4.69) is 9.72 Å².